The molecule has 84 valence electrons. The van der Waals surface area contributed by atoms with E-state index < -0.39 is 0 Å². The summed E-state index contributed by atoms with van der Waals surface area (Å²) in [5, 5.41) is 0.686. The molecule has 3 aromatic rings. The van der Waals surface area contributed by atoms with Crippen LogP contribution in [0.5, 0.6) is 0 Å². The predicted molar refractivity (Wildman–Crippen MR) is 67.8 cm³/mol. The number of carbonyl (C=O) groups is 1. The number of benzene rings is 1. The minimum Gasteiger partial charge on any atom is -0.447 e. The third-order valence-corrected chi connectivity index (χ3v) is 4.20. The van der Waals surface area contributed by atoms with Crippen molar-refractivity contribution in [1.29, 1.82) is 0 Å². The number of aromatic nitrogens is 1. The van der Waals surface area contributed by atoms with Crippen molar-refractivity contribution >= 4 is 39.6 Å². The second-order valence-corrected chi connectivity index (χ2v) is 5.61. The molecule has 0 bridgehead atoms. The summed E-state index contributed by atoms with van der Waals surface area (Å²) in [4.78, 5) is 15.0. The minimum absolute atomic E-state index is 0.341. The molecule has 0 saturated carbocycles. The first-order chi connectivity index (χ1) is 8.35. The number of thiazole rings is 1. The van der Waals surface area contributed by atoms with Crippen LogP contribution in [0.15, 0.2) is 50.2 Å². The lowest BCUT2D eigenvalue weighted by Gasteiger charge is -1.89. The number of para-hydroxylation sites is 1. The summed E-state index contributed by atoms with van der Waals surface area (Å²) in [6.07, 6.45) is 0.697. The molecule has 0 aliphatic heterocycles. The molecule has 0 N–H and O–H groups in total. The molecule has 0 saturated heterocycles. The van der Waals surface area contributed by atoms with Crippen molar-refractivity contribution in [2.45, 2.75) is 9.43 Å². The van der Waals surface area contributed by atoms with Gasteiger partial charge in [-0.3, -0.25) is 4.79 Å². The summed E-state index contributed by atoms with van der Waals surface area (Å²) in [7, 11) is 0. The predicted octanol–water partition coefficient (Wildman–Crippen LogP) is 3.85. The van der Waals surface area contributed by atoms with E-state index in [9.17, 15) is 4.79 Å². The topological polar surface area (TPSA) is 43.1 Å². The average molecular weight is 261 g/mol. The average Bonchev–Trinajstić information content (AvgIpc) is 2.94. The number of aldehydes is 1. The molecule has 1 aromatic carbocycles. The molecular formula is C12H7NO2S2. The highest BCUT2D eigenvalue weighted by atomic mass is 32.2. The summed E-state index contributed by atoms with van der Waals surface area (Å²) in [6.45, 7) is 0. The highest BCUT2D eigenvalue weighted by Gasteiger charge is 2.08. The Hall–Kier alpha value is -1.59. The lowest BCUT2D eigenvalue weighted by Crippen LogP contribution is -1.69. The van der Waals surface area contributed by atoms with Gasteiger partial charge in [0.1, 0.15) is 0 Å². The number of furan rings is 1. The zero-order chi connectivity index (χ0) is 11.7. The highest BCUT2D eigenvalue weighted by Crippen LogP contribution is 2.34. The van der Waals surface area contributed by atoms with Gasteiger partial charge in [0.2, 0.25) is 0 Å². The van der Waals surface area contributed by atoms with E-state index in [-0.39, 0.29) is 0 Å². The number of fused-ring (bicyclic) bond motifs is 1. The highest BCUT2D eigenvalue weighted by molar-refractivity contribution is 8.01. The second-order valence-electron chi connectivity index (χ2n) is 3.32. The van der Waals surface area contributed by atoms with Crippen LogP contribution < -0.4 is 0 Å². The van der Waals surface area contributed by atoms with Gasteiger partial charge in [-0.05, 0) is 36.0 Å². The smallest absolute Gasteiger partial charge is 0.185 e. The number of nitrogens with zero attached hydrogens (tertiary/aromatic N) is 1. The van der Waals surface area contributed by atoms with Crippen LogP contribution in [0, 0.1) is 0 Å². The molecule has 0 atom stereocenters. The van der Waals surface area contributed by atoms with Gasteiger partial charge in [0, 0.05) is 0 Å². The van der Waals surface area contributed by atoms with Gasteiger partial charge in [0.05, 0.1) is 10.2 Å². The normalized spacial score (nSPS) is 10.8. The van der Waals surface area contributed by atoms with E-state index in [1.165, 1.54) is 11.8 Å². The Balaban J connectivity index is 1.91. The molecule has 0 radical (unpaired) electrons. The van der Waals surface area contributed by atoms with Crippen molar-refractivity contribution in [1.82, 2.24) is 4.98 Å². The van der Waals surface area contributed by atoms with Gasteiger partial charge in [-0.2, -0.15) is 0 Å². The van der Waals surface area contributed by atoms with E-state index in [1.54, 1.807) is 23.5 Å². The van der Waals surface area contributed by atoms with Gasteiger partial charge < -0.3 is 4.42 Å². The van der Waals surface area contributed by atoms with Gasteiger partial charge in [-0.15, -0.1) is 11.3 Å². The van der Waals surface area contributed by atoms with Gasteiger partial charge in [0.15, 0.2) is 21.5 Å². The maximum absolute atomic E-state index is 10.5. The van der Waals surface area contributed by atoms with Crippen LogP contribution in [-0.4, -0.2) is 11.3 Å². The van der Waals surface area contributed by atoms with Gasteiger partial charge in [-0.25, -0.2) is 4.98 Å². The van der Waals surface area contributed by atoms with E-state index in [0.29, 0.717) is 17.1 Å². The van der Waals surface area contributed by atoms with Crippen molar-refractivity contribution in [2.75, 3.05) is 0 Å². The van der Waals surface area contributed by atoms with Crippen molar-refractivity contribution in [3.05, 3.63) is 42.2 Å². The number of hydrogen-bond donors (Lipinski definition) is 0. The van der Waals surface area contributed by atoms with E-state index in [2.05, 4.69) is 4.98 Å². The van der Waals surface area contributed by atoms with Crippen LogP contribution >= 0.6 is 23.1 Å². The summed E-state index contributed by atoms with van der Waals surface area (Å²) in [6, 6.07) is 11.4. The SMILES string of the molecule is O=Cc1ccc(Sc2nc3ccccc3s2)o1. The van der Waals surface area contributed by atoms with Crippen LogP contribution in [0.3, 0.4) is 0 Å². The molecule has 0 spiro atoms. The van der Waals surface area contributed by atoms with Crippen LogP contribution in [0.4, 0.5) is 0 Å². The zero-order valence-electron chi connectivity index (χ0n) is 8.62. The fourth-order valence-corrected chi connectivity index (χ4v) is 3.40. The Morgan fingerprint density at radius 1 is 1.24 bits per heavy atom. The van der Waals surface area contributed by atoms with Crippen LogP contribution in [0.2, 0.25) is 0 Å². The monoisotopic (exact) mass is 261 g/mol. The molecule has 3 nitrogen and oxygen atoms in total. The van der Waals surface area contributed by atoms with E-state index in [1.807, 2.05) is 24.3 Å². The lowest BCUT2D eigenvalue weighted by atomic mass is 10.3. The molecule has 2 aromatic heterocycles. The molecule has 0 amide bonds. The van der Waals surface area contributed by atoms with E-state index in [4.69, 9.17) is 4.42 Å². The van der Waals surface area contributed by atoms with Crippen molar-refractivity contribution in [2.24, 2.45) is 0 Å². The molecular weight excluding hydrogens is 254 g/mol. The first-order valence-electron chi connectivity index (χ1n) is 4.93. The zero-order valence-corrected chi connectivity index (χ0v) is 10.3. The molecule has 0 aliphatic rings. The summed E-state index contributed by atoms with van der Waals surface area (Å²) in [5.41, 5.74) is 0.988. The third-order valence-electron chi connectivity index (χ3n) is 2.18. The molecule has 0 unspecified atom stereocenters. The Bertz CT molecular complexity index is 639. The standard InChI is InChI=1S/C12H7NO2S2/c14-7-8-5-6-11(15-8)17-12-13-9-3-1-2-4-10(9)16-12/h1-7H. The quantitative estimate of drug-likeness (QED) is 0.672. The molecule has 2 heterocycles. The Labute approximate surface area is 105 Å². The van der Waals surface area contributed by atoms with Crippen molar-refractivity contribution in [3.63, 3.8) is 0 Å². The molecule has 3 rings (SSSR count). The van der Waals surface area contributed by atoms with Crippen molar-refractivity contribution in [3.8, 4) is 0 Å². The van der Waals surface area contributed by atoms with E-state index in [0.717, 1.165) is 14.6 Å². The number of hydrogen-bond acceptors (Lipinski definition) is 5. The third kappa shape index (κ3) is 2.11. The van der Waals surface area contributed by atoms with Crippen LogP contribution in [-0.2, 0) is 0 Å². The molecule has 17 heavy (non-hydrogen) atoms. The number of rotatable bonds is 3. The molecule has 0 aliphatic carbocycles. The fourth-order valence-electron chi connectivity index (χ4n) is 1.43. The first-order valence-corrected chi connectivity index (χ1v) is 6.57. The molecule has 0 fully saturated rings. The maximum Gasteiger partial charge on any atom is 0.185 e. The molecule has 5 heteroatoms. The van der Waals surface area contributed by atoms with Gasteiger partial charge in [0.25, 0.3) is 0 Å². The first kappa shape index (κ1) is 10.6. The van der Waals surface area contributed by atoms with Crippen molar-refractivity contribution < 1.29 is 9.21 Å². The summed E-state index contributed by atoms with van der Waals surface area (Å²) < 4.78 is 7.36. The maximum atomic E-state index is 10.5. The van der Waals surface area contributed by atoms with Gasteiger partial charge >= 0.3 is 0 Å². The van der Waals surface area contributed by atoms with Gasteiger partial charge in [-0.1, -0.05) is 12.1 Å². The van der Waals surface area contributed by atoms with E-state index >= 15 is 0 Å². The Kier molecular flexibility index (Phi) is 2.70. The minimum atomic E-state index is 0.341. The fraction of sp³-hybridized carbons (Fsp3) is 0. The summed E-state index contributed by atoms with van der Waals surface area (Å²) >= 11 is 3.04. The van der Waals surface area contributed by atoms with Crippen LogP contribution in [0.1, 0.15) is 10.6 Å². The summed E-state index contributed by atoms with van der Waals surface area (Å²) in [5.74, 6) is 0.341. The van der Waals surface area contributed by atoms with Crippen LogP contribution in [0.25, 0.3) is 10.2 Å². The Morgan fingerprint density at radius 3 is 2.88 bits per heavy atom. The number of carbonyl (C=O) groups excluding carboxylic acids is 1. The largest absolute Gasteiger partial charge is 0.447 e. The second kappa shape index (κ2) is 4.35. The Morgan fingerprint density at radius 2 is 2.12 bits per heavy atom. The lowest BCUT2D eigenvalue weighted by molar-refractivity contribution is 0.109.